The van der Waals surface area contributed by atoms with Gasteiger partial charge in [-0.05, 0) is 27.7 Å². The Labute approximate surface area is 128 Å². The van der Waals surface area contributed by atoms with Crippen molar-refractivity contribution in [1.29, 1.82) is 0 Å². The van der Waals surface area contributed by atoms with E-state index in [9.17, 15) is 9.59 Å². The van der Waals surface area contributed by atoms with Crippen molar-refractivity contribution in [2.45, 2.75) is 33.6 Å². The third-order valence-corrected chi connectivity index (χ3v) is 3.39. The van der Waals surface area contributed by atoms with Crippen molar-refractivity contribution in [3.8, 4) is 0 Å². The summed E-state index contributed by atoms with van der Waals surface area (Å²) in [5.41, 5.74) is 0.600. The predicted molar refractivity (Wildman–Crippen MR) is 83.8 cm³/mol. The van der Waals surface area contributed by atoms with E-state index in [0.717, 1.165) is 0 Å². The summed E-state index contributed by atoms with van der Waals surface area (Å²) < 4.78 is 15.7. The summed E-state index contributed by atoms with van der Waals surface area (Å²) in [7, 11) is -0.700. The van der Waals surface area contributed by atoms with Gasteiger partial charge < -0.3 is 19.3 Å². The van der Waals surface area contributed by atoms with Gasteiger partial charge in [0.2, 0.25) is 0 Å². The molecule has 0 bridgehead atoms. The van der Waals surface area contributed by atoms with Crippen LogP contribution in [0.5, 0.6) is 0 Å². The molecule has 6 nitrogen and oxygen atoms in total. The molecule has 0 rings (SSSR count). The van der Waals surface area contributed by atoms with Crippen molar-refractivity contribution in [1.82, 2.24) is 0 Å². The van der Waals surface area contributed by atoms with E-state index in [1.54, 1.807) is 6.92 Å². The first-order chi connectivity index (χ1) is 9.76. The highest BCUT2D eigenvalue weighted by molar-refractivity contribution is 6.36. The molecule has 0 atom stereocenters. The molecule has 0 aromatic heterocycles. The molecule has 0 saturated carbocycles. The van der Waals surface area contributed by atoms with Crippen LogP contribution in [-0.4, -0.2) is 51.9 Å². The van der Waals surface area contributed by atoms with Crippen molar-refractivity contribution < 1.29 is 28.9 Å². The molecule has 0 aliphatic heterocycles. The summed E-state index contributed by atoms with van der Waals surface area (Å²) in [6, 6.07) is 0. The van der Waals surface area contributed by atoms with Gasteiger partial charge >= 0.3 is 11.9 Å². The van der Waals surface area contributed by atoms with Gasteiger partial charge in [0, 0.05) is 24.4 Å². The molecule has 0 radical (unpaired) electrons. The highest BCUT2D eigenvalue weighted by Crippen LogP contribution is 1.96. The second-order valence-electron chi connectivity index (χ2n) is 4.13. The SMILES string of the molecule is C=C(C)C(=O)O.C=C(C)C(=O)OC[SiH2]C(OCC)OCC. The fourth-order valence-electron chi connectivity index (χ4n) is 0.958. The topological polar surface area (TPSA) is 82.1 Å². The van der Waals surface area contributed by atoms with Crippen molar-refractivity contribution in [3.63, 3.8) is 0 Å². The zero-order chi connectivity index (χ0) is 16.8. The van der Waals surface area contributed by atoms with Crippen molar-refractivity contribution >= 4 is 21.5 Å². The van der Waals surface area contributed by atoms with E-state index in [2.05, 4.69) is 13.2 Å². The Morgan fingerprint density at radius 2 is 1.52 bits per heavy atom. The Hall–Kier alpha value is -1.44. The normalized spacial score (nSPS) is 10.1. The Balaban J connectivity index is 0. The van der Waals surface area contributed by atoms with Gasteiger partial charge in [0.1, 0.15) is 15.4 Å². The molecule has 0 saturated heterocycles. The number of carbonyl (C=O) groups is 2. The van der Waals surface area contributed by atoms with Crippen LogP contribution < -0.4 is 0 Å². The lowest BCUT2D eigenvalue weighted by Crippen LogP contribution is -2.29. The minimum absolute atomic E-state index is 0.155. The molecule has 0 spiro atoms. The molecule has 0 fully saturated rings. The van der Waals surface area contributed by atoms with Crippen LogP contribution in [0.3, 0.4) is 0 Å². The van der Waals surface area contributed by atoms with Crippen LogP contribution in [0, 0.1) is 0 Å². The molecule has 0 aromatic rings. The standard InChI is InChI=1S/C10H20O4Si.C4H6O2/c1-5-12-10(13-6-2)15-7-14-9(11)8(3)4;1-3(2)4(5)6/h10H,3,5-7,15H2,1-2,4H3;1H2,2H3,(H,5,6). The van der Waals surface area contributed by atoms with Crippen LogP contribution in [0.1, 0.15) is 27.7 Å². The number of rotatable bonds is 9. The lowest BCUT2D eigenvalue weighted by Gasteiger charge is -2.16. The van der Waals surface area contributed by atoms with Crippen LogP contribution in [0.15, 0.2) is 24.3 Å². The Kier molecular flexibility index (Phi) is 14.1. The number of carboxylic acids is 1. The fraction of sp³-hybridized carbons (Fsp3) is 0.571. The maximum absolute atomic E-state index is 11.1. The number of aliphatic carboxylic acids is 1. The summed E-state index contributed by atoms with van der Waals surface area (Å²) in [6.07, 6.45) is 0.427. The second kappa shape index (κ2) is 13.5. The van der Waals surface area contributed by atoms with E-state index in [4.69, 9.17) is 19.3 Å². The lowest BCUT2D eigenvalue weighted by molar-refractivity contribution is -0.137. The number of ether oxygens (including phenoxy) is 3. The molecule has 122 valence electrons. The number of carbonyl (C=O) groups excluding carboxylic acids is 1. The molecule has 0 aliphatic carbocycles. The largest absolute Gasteiger partial charge is 0.478 e. The van der Waals surface area contributed by atoms with Gasteiger partial charge in [0.15, 0.2) is 0 Å². The average Bonchev–Trinajstić information content (AvgIpc) is 2.39. The number of carboxylic acid groups (broad SMARTS) is 1. The smallest absolute Gasteiger partial charge is 0.332 e. The Morgan fingerprint density at radius 3 is 1.81 bits per heavy atom. The predicted octanol–water partition coefficient (Wildman–Crippen LogP) is 1.24. The molecule has 21 heavy (non-hydrogen) atoms. The van der Waals surface area contributed by atoms with Gasteiger partial charge in [-0.15, -0.1) is 0 Å². The van der Waals surface area contributed by atoms with Crippen molar-refractivity contribution in [2.75, 3.05) is 19.4 Å². The quantitative estimate of drug-likeness (QED) is 0.298. The van der Waals surface area contributed by atoms with Crippen LogP contribution in [0.25, 0.3) is 0 Å². The van der Waals surface area contributed by atoms with E-state index in [1.807, 2.05) is 13.8 Å². The van der Waals surface area contributed by atoms with E-state index in [-0.39, 0.29) is 17.5 Å². The van der Waals surface area contributed by atoms with E-state index < -0.39 is 15.5 Å². The van der Waals surface area contributed by atoms with E-state index >= 15 is 0 Å². The number of hydrogen-bond donors (Lipinski definition) is 1. The van der Waals surface area contributed by atoms with E-state index in [1.165, 1.54) is 6.92 Å². The molecular weight excluding hydrogens is 292 g/mol. The Morgan fingerprint density at radius 1 is 1.10 bits per heavy atom. The van der Waals surface area contributed by atoms with E-state index in [0.29, 0.717) is 25.0 Å². The van der Waals surface area contributed by atoms with Gasteiger partial charge in [-0.1, -0.05) is 13.2 Å². The summed E-state index contributed by atoms with van der Waals surface area (Å²) in [4.78, 5) is 20.7. The van der Waals surface area contributed by atoms with Crippen LogP contribution in [0.4, 0.5) is 0 Å². The maximum atomic E-state index is 11.1. The third kappa shape index (κ3) is 14.8. The summed E-state index contributed by atoms with van der Waals surface area (Å²) >= 11 is 0. The fourth-order valence-corrected chi connectivity index (χ4v) is 2.26. The minimum atomic E-state index is -0.935. The zero-order valence-electron chi connectivity index (χ0n) is 13.3. The Bertz CT molecular complexity index is 335. The summed E-state index contributed by atoms with van der Waals surface area (Å²) in [5.74, 6) is -1.43. The van der Waals surface area contributed by atoms with Gasteiger partial charge in [-0.25, -0.2) is 9.59 Å². The first-order valence-electron chi connectivity index (χ1n) is 6.70. The molecule has 0 amide bonds. The molecule has 0 heterocycles. The van der Waals surface area contributed by atoms with Gasteiger partial charge in [-0.2, -0.15) is 0 Å². The summed E-state index contributed by atoms with van der Waals surface area (Å²) in [5, 5.41) is 7.89. The monoisotopic (exact) mass is 318 g/mol. The molecule has 0 aromatic carbocycles. The van der Waals surface area contributed by atoms with Gasteiger partial charge in [0.05, 0.1) is 6.23 Å². The van der Waals surface area contributed by atoms with Gasteiger partial charge in [-0.3, -0.25) is 0 Å². The van der Waals surface area contributed by atoms with Crippen LogP contribution in [0.2, 0.25) is 0 Å². The molecule has 7 heteroatoms. The van der Waals surface area contributed by atoms with Crippen molar-refractivity contribution in [2.24, 2.45) is 0 Å². The third-order valence-electron chi connectivity index (χ3n) is 2.01. The molecule has 1 N–H and O–H groups in total. The maximum Gasteiger partial charge on any atom is 0.332 e. The highest BCUT2D eigenvalue weighted by atomic mass is 28.2. The number of hydrogen-bond acceptors (Lipinski definition) is 5. The second-order valence-corrected chi connectivity index (χ2v) is 5.78. The first kappa shape index (κ1) is 21.8. The molecule has 0 aliphatic rings. The van der Waals surface area contributed by atoms with Crippen molar-refractivity contribution in [3.05, 3.63) is 24.3 Å². The molecular formula is C14H26O6Si. The van der Waals surface area contributed by atoms with Crippen LogP contribution in [-0.2, 0) is 23.8 Å². The molecule has 0 unspecified atom stereocenters. The highest BCUT2D eigenvalue weighted by Gasteiger charge is 2.10. The summed E-state index contributed by atoms with van der Waals surface area (Å²) in [6.45, 7) is 14.8. The van der Waals surface area contributed by atoms with Crippen LogP contribution >= 0.6 is 0 Å². The first-order valence-corrected chi connectivity index (χ1v) is 8.52. The zero-order valence-corrected chi connectivity index (χ0v) is 14.7. The average molecular weight is 318 g/mol. The minimum Gasteiger partial charge on any atom is -0.478 e. The van der Waals surface area contributed by atoms with Gasteiger partial charge in [0.25, 0.3) is 0 Å². The number of esters is 1. The lowest BCUT2D eigenvalue weighted by atomic mass is 10.4.